The van der Waals surface area contributed by atoms with Gasteiger partial charge in [-0.2, -0.15) is 0 Å². The third kappa shape index (κ3) is 4.13. The summed E-state index contributed by atoms with van der Waals surface area (Å²) in [6.45, 7) is 3.32. The van der Waals surface area contributed by atoms with Crippen LogP contribution in [0.25, 0.3) is 0 Å². The fourth-order valence-corrected chi connectivity index (χ4v) is 4.23. The van der Waals surface area contributed by atoms with Gasteiger partial charge in [-0.25, -0.2) is 9.59 Å². The number of rotatable bonds is 4. The molecule has 1 aliphatic rings. The molecule has 2 aromatic rings. The topological polar surface area (TPSA) is 101 Å². The van der Waals surface area contributed by atoms with Gasteiger partial charge >= 0.3 is 11.7 Å². The van der Waals surface area contributed by atoms with Crippen LogP contribution >= 0.6 is 11.8 Å². The second-order valence-corrected chi connectivity index (χ2v) is 7.52. The molecule has 3 rings (SSSR count). The van der Waals surface area contributed by atoms with Gasteiger partial charge in [-0.05, 0) is 19.1 Å². The number of amides is 1. The first-order chi connectivity index (χ1) is 12.9. The Balaban J connectivity index is 1.75. The number of nitrogens with one attached hydrogen (secondary N) is 1. The fourth-order valence-electron chi connectivity index (χ4n) is 2.80. The first-order valence-electron chi connectivity index (χ1n) is 8.33. The molecule has 1 N–H and O–H groups in total. The minimum absolute atomic E-state index is 0.00552. The summed E-state index contributed by atoms with van der Waals surface area (Å²) in [7, 11) is 0. The maximum absolute atomic E-state index is 12.1. The number of aromatic nitrogens is 2. The monoisotopic (exact) mass is 389 g/mol. The first kappa shape index (κ1) is 19.0. The van der Waals surface area contributed by atoms with Gasteiger partial charge in [0.1, 0.15) is 17.4 Å². The molecule has 0 spiro atoms. The van der Waals surface area contributed by atoms with Crippen molar-refractivity contribution in [3.63, 3.8) is 0 Å². The van der Waals surface area contributed by atoms with Crippen LogP contribution in [0.1, 0.15) is 28.2 Å². The lowest BCUT2D eigenvalue weighted by atomic mass is 10.2. The van der Waals surface area contributed by atoms with Crippen LogP contribution in [0.5, 0.6) is 0 Å². The standard InChI is InChI=1S/C18H19N3O5S/c1-11-8-21(18(25)19-16(11)23)14-9-20(12(2)22)15(27-14)10-26-17(24)13-6-4-3-5-7-13/h3-8,14-15H,9-10H2,1-2H3,(H,19,23,25)/t14-,15-/m1/s1. The van der Waals surface area contributed by atoms with E-state index in [1.807, 2.05) is 0 Å². The number of aromatic amines is 1. The Bertz CT molecular complexity index is 969. The van der Waals surface area contributed by atoms with Crippen LogP contribution in [0.4, 0.5) is 0 Å². The average molecular weight is 389 g/mol. The van der Waals surface area contributed by atoms with Crippen LogP contribution in [0.3, 0.4) is 0 Å². The normalized spacial score (nSPS) is 19.1. The highest BCUT2D eigenvalue weighted by molar-refractivity contribution is 8.00. The number of hydrogen-bond donors (Lipinski definition) is 1. The molecule has 2 heterocycles. The summed E-state index contributed by atoms with van der Waals surface area (Å²) in [4.78, 5) is 51.6. The number of thioether (sulfide) groups is 1. The molecule has 1 fully saturated rings. The zero-order valence-electron chi connectivity index (χ0n) is 14.9. The van der Waals surface area contributed by atoms with Gasteiger partial charge in [0.2, 0.25) is 5.91 Å². The molecule has 9 heteroatoms. The molecule has 1 amide bonds. The molecule has 1 aliphatic heterocycles. The summed E-state index contributed by atoms with van der Waals surface area (Å²) in [6.07, 6.45) is 1.48. The summed E-state index contributed by atoms with van der Waals surface area (Å²) in [5.41, 5.74) is -0.132. The van der Waals surface area contributed by atoms with Crippen molar-refractivity contribution < 1.29 is 14.3 Å². The molecule has 0 saturated carbocycles. The number of carbonyl (C=O) groups excluding carboxylic acids is 2. The Kier molecular flexibility index (Phi) is 5.50. The summed E-state index contributed by atoms with van der Waals surface area (Å²) >= 11 is 1.33. The van der Waals surface area contributed by atoms with E-state index in [9.17, 15) is 19.2 Å². The van der Waals surface area contributed by atoms with Gasteiger partial charge in [-0.3, -0.25) is 19.1 Å². The van der Waals surface area contributed by atoms with Crippen molar-refractivity contribution in [3.8, 4) is 0 Å². The molecule has 1 aromatic heterocycles. The van der Waals surface area contributed by atoms with Crippen LogP contribution < -0.4 is 11.2 Å². The lowest BCUT2D eigenvalue weighted by Crippen LogP contribution is -2.37. The number of esters is 1. The van der Waals surface area contributed by atoms with Crippen LogP contribution in [-0.4, -0.2) is 44.9 Å². The molecular weight excluding hydrogens is 370 g/mol. The molecule has 27 heavy (non-hydrogen) atoms. The van der Waals surface area contributed by atoms with Crippen LogP contribution in [0, 0.1) is 6.92 Å². The molecule has 0 bridgehead atoms. The summed E-state index contributed by atoms with van der Waals surface area (Å²) in [5, 5.41) is -0.795. The van der Waals surface area contributed by atoms with Crippen LogP contribution in [0.2, 0.25) is 0 Å². The van der Waals surface area contributed by atoms with E-state index in [-0.39, 0.29) is 24.4 Å². The number of H-pyrrole nitrogens is 1. The lowest BCUT2D eigenvalue weighted by Gasteiger charge is -2.21. The number of aryl methyl sites for hydroxylation is 1. The predicted molar refractivity (Wildman–Crippen MR) is 101 cm³/mol. The van der Waals surface area contributed by atoms with Crippen molar-refractivity contribution >= 4 is 23.6 Å². The molecule has 1 aromatic carbocycles. The van der Waals surface area contributed by atoms with E-state index in [0.717, 1.165) is 0 Å². The second-order valence-electron chi connectivity index (χ2n) is 6.16. The number of carbonyl (C=O) groups is 2. The lowest BCUT2D eigenvalue weighted by molar-refractivity contribution is -0.129. The molecule has 2 atom stereocenters. The number of hydrogen-bond acceptors (Lipinski definition) is 6. The van der Waals surface area contributed by atoms with Gasteiger partial charge in [0.15, 0.2) is 0 Å². The first-order valence-corrected chi connectivity index (χ1v) is 9.28. The minimum Gasteiger partial charge on any atom is -0.459 e. The van der Waals surface area contributed by atoms with E-state index in [0.29, 0.717) is 11.1 Å². The average Bonchev–Trinajstić information content (AvgIpc) is 3.07. The molecule has 0 radical (unpaired) electrons. The molecule has 0 aliphatic carbocycles. The van der Waals surface area contributed by atoms with Crippen molar-refractivity contribution in [2.24, 2.45) is 0 Å². The van der Waals surface area contributed by atoms with Gasteiger partial charge in [-0.15, -0.1) is 11.8 Å². The highest BCUT2D eigenvalue weighted by Crippen LogP contribution is 2.37. The Hall–Kier alpha value is -2.81. The van der Waals surface area contributed by atoms with Crippen LogP contribution in [0.15, 0.2) is 46.1 Å². The van der Waals surface area contributed by atoms with Crippen molar-refractivity contribution in [1.29, 1.82) is 0 Å². The third-order valence-electron chi connectivity index (χ3n) is 4.24. The Morgan fingerprint density at radius 1 is 1.26 bits per heavy atom. The van der Waals surface area contributed by atoms with Crippen LogP contribution in [-0.2, 0) is 9.53 Å². The van der Waals surface area contributed by atoms with Gasteiger partial charge in [0, 0.05) is 18.7 Å². The SMILES string of the molecule is CC(=O)N1C[C@H](n2cc(C)c(=O)[nH]c2=O)S[C@@H]1COC(=O)c1ccccc1. The zero-order chi connectivity index (χ0) is 19.6. The minimum atomic E-state index is -0.534. The van der Waals surface area contributed by atoms with Gasteiger partial charge < -0.3 is 9.64 Å². The summed E-state index contributed by atoms with van der Waals surface area (Å²) < 4.78 is 6.75. The summed E-state index contributed by atoms with van der Waals surface area (Å²) in [6, 6.07) is 8.58. The van der Waals surface area contributed by atoms with Gasteiger partial charge in [0.25, 0.3) is 5.56 Å². The quantitative estimate of drug-likeness (QED) is 0.787. The zero-order valence-corrected chi connectivity index (χ0v) is 15.7. The number of ether oxygens (including phenoxy) is 1. The number of nitrogens with zero attached hydrogens (tertiary/aromatic N) is 2. The fraction of sp³-hybridized carbons (Fsp3) is 0.333. The predicted octanol–water partition coefficient (Wildman–Crippen LogP) is 1.12. The van der Waals surface area contributed by atoms with E-state index < -0.39 is 22.6 Å². The summed E-state index contributed by atoms with van der Waals surface area (Å²) in [5.74, 6) is -0.653. The van der Waals surface area contributed by atoms with E-state index in [1.165, 1.54) is 29.4 Å². The smallest absolute Gasteiger partial charge is 0.338 e. The molecule has 0 unspecified atom stereocenters. The van der Waals surface area contributed by atoms with Crippen molar-refractivity contribution in [2.45, 2.75) is 24.6 Å². The Morgan fingerprint density at radius 3 is 2.63 bits per heavy atom. The van der Waals surface area contributed by atoms with E-state index in [4.69, 9.17) is 4.74 Å². The Labute approximate surface area is 159 Å². The molecular formula is C18H19N3O5S. The maximum atomic E-state index is 12.1. The van der Waals surface area contributed by atoms with Crippen molar-refractivity contribution in [2.75, 3.05) is 13.2 Å². The third-order valence-corrected chi connectivity index (χ3v) is 5.64. The number of benzene rings is 1. The molecule has 1 saturated heterocycles. The highest BCUT2D eigenvalue weighted by Gasteiger charge is 2.36. The second kappa shape index (κ2) is 7.83. The van der Waals surface area contributed by atoms with Crippen molar-refractivity contribution in [3.05, 3.63) is 68.5 Å². The molecule has 8 nitrogen and oxygen atoms in total. The highest BCUT2D eigenvalue weighted by atomic mass is 32.2. The largest absolute Gasteiger partial charge is 0.459 e. The van der Waals surface area contributed by atoms with Gasteiger partial charge in [-0.1, -0.05) is 18.2 Å². The van der Waals surface area contributed by atoms with E-state index in [2.05, 4.69) is 4.98 Å². The van der Waals surface area contributed by atoms with Crippen molar-refractivity contribution in [1.82, 2.24) is 14.5 Å². The molecule has 142 valence electrons. The van der Waals surface area contributed by atoms with Gasteiger partial charge in [0.05, 0.1) is 12.1 Å². The van der Waals surface area contributed by atoms with E-state index >= 15 is 0 Å². The maximum Gasteiger partial charge on any atom is 0.338 e. The Morgan fingerprint density at radius 2 is 1.96 bits per heavy atom. The van der Waals surface area contributed by atoms with E-state index in [1.54, 1.807) is 42.2 Å².